The Bertz CT molecular complexity index is 440. The third-order valence-corrected chi connectivity index (χ3v) is 4.24. The van der Waals surface area contributed by atoms with Crippen molar-refractivity contribution in [3.05, 3.63) is 29.3 Å². The fraction of sp³-hybridized carbons (Fsp3) is 0.462. The largest absolute Gasteiger partial charge is 0.326 e. The zero-order valence-corrected chi connectivity index (χ0v) is 9.76. The van der Waals surface area contributed by atoms with Gasteiger partial charge in [-0.1, -0.05) is 18.6 Å². The number of halogens is 1. The Balaban J connectivity index is 1.86. The quantitative estimate of drug-likeness (QED) is 0.784. The average Bonchev–Trinajstić information content (AvgIpc) is 2.53. The van der Waals surface area contributed by atoms with Gasteiger partial charge in [0, 0.05) is 5.69 Å². The second-order valence-electron chi connectivity index (χ2n) is 4.73. The van der Waals surface area contributed by atoms with Crippen molar-refractivity contribution in [1.29, 1.82) is 0 Å². The number of fused-ring (bicyclic) bond motifs is 1. The highest BCUT2D eigenvalue weighted by atomic mass is 35.5. The smallest absolute Gasteiger partial charge is 0.228 e. The zero-order chi connectivity index (χ0) is 11.1. The molecule has 1 fully saturated rings. The van der Waals surface area contributed by atoms with Crippen molar-refractivity contribution in [2.24, 2.45) is 5.92 Å². The summed E-state index contributed by atoms with van der Waals surface area (Å²) >= 11 is 6.44. The summed E-state index contributed by atoms with van der Waals surface area (Å²) in [4.78, 5) is 11.2. The molecule has 1 saturated carbocycles. The highest BCUT2D eigenvalue weighted by molar-refractivity contribution is 6.21. The minimum absolute atomic E-state index is 0.0851. The number of nitrogens with one attached hydrogen (secondary N) is 1. The van der Waals surface area contributed by atoms with Crippen LogP contribution in [0.2, 0.25) is 0 Å². The van der Waals surface area contributed by atoms with Gasteiger partial charge >= 0.3 is 0 Å². The fourth-order valence-corrected chi connectivity index (χ4v) is 2.81. The van der Waals surface area contributed by atoms with Gasteiger partial charge < -0.3 is 5.32 Å². The second kappa shape index (κ2) is 3.77. The molecule has 2 aliphatic rings. The normalized spacial score (nSPS) is 21.2. The molecule has 0 saturated heterocycles. The van der Waals surface area contributed by atoms with Crippen molar-refractivity contribution in [3.8, 4) is 0 Å². The fourth-order valence-electron chi connectivity index (χ4n) is 2.43. The molecule has 84 valence electrons. The number of amides is 1. The molecular weight excluding hydrogens is 222 g/mol. The van der Waals surface area contributed by atoms with Crippen LogP contribution in [0, 0.1) is 5.92 Å². The highest BCUT2D eigenvalue weighted by Gasteiger charge is 2.28. The van der Waals surface area contributed by atoms with Gasteiger partial charge in [0.05, 0.1) is 11.8 Å². The van der Waals surface area contributed by atoms with E-state index in [1.54, 1.807) is 0 Å². The van der Waals surface area contributed by atoms with Gasteiger partial charge in [0.1, 0.15) is 0 Å². The number of hydrogen-bond donors (Lipinski definition) is 1. The van der Waals surface area contributed by atoms with E-state index in [-0.39, 0.29) is 11.3 Å². The first-order valence-corrected chi connectivity index (χ1v) is 6.24. The highest BCUT2D eigenvalue weighted by Crippen LogP contribution is 2.42. The van der Waals surface area contributed by atoms with E-state index in [1.165, 1.54) is 24.8 Å². The molecule has 16 heavy (non-hydrogen) atoms. The van der Waals surface area contributed by atoms with Crippen LogP contribution in [0.15, 0.2) is 18.2 Å². The van der Waals surface area contributed by atoms with Gasteiger partial charge in [-0.15, -0.1) is 11.6 Å². The molecule has 1 aliphatic carbocycles. The lowest BCUT2D eigenvalue weighted by molar-refractivity contribution is -0.115. The molecule has 0 aromatic heterocycles. The summed E-state index contributed by atoms with van der Waals surface area (Å²) in [7, 11) is 0. The Hall–Kier alpha value is -1.02. The van der Waals surface area contributed by atoms with Crippen LogP contribution in [0.25, 0.3) is 0 Å². The van der Waals surface area contributed by atoms with E-state index in [0.717, 1.165) is 11.3 Å². The van der Waals surface area contributed by atoms with Gasteiger partial charge in [-0.2, -0.15) is 0 Å². The number of anilines is 1. The van der Waals surface area contributed by atoms with Crippen molar-refractivity contribution in [1.82, 2.24) is 0 Å². The molecule has 1 atom stereocenters. The first kappa shape index (κ1) is 10.2. The number of rotatable bonds is 2. The van der Waals surface area contributed by atoms with E-state index in [2.05, 4.69) is 11.4 Å². The summed E-state index contributed by atoms with van der Waals surface area (Å²) in [5.74, 6) is 0.715. The Kier molecular flexibility index (Phi) is 2.40. The lowest BCUT2D eigenvalue weighted by Crippen LogP contribution is -2.16. The van der Waals surface area contributed by atoms with E-state index in [0.29, 0.717) is 12.3 Å². The van der Waals surface area contributed by atoms with Crippen molar-refractivity contribution in [3.63, 3.8) is 0 Å². The SMILES string of the molecule is O=C1Cc2cc(C(Cl)C3CCC3)ccc2N1. The number of hydrogen-bond acceptors (Lipinski definition) is 1. The number of benzene rings is 1. The van der Waals surface area contributed by atoms with Gasteiger partial charge in [0.25, 0.3) is 0 Å². The van der Waals surface area contributed by atoms with Crippen LogP contribution in [-0.4, -0.2) is 5.91 Å². The molecule has 0 spiro atoms. The maximum absolute atomic E-state index is 11.2. The van der Waals surface area contributed by atoms with Crippen LogP contribution < -0.4 is 5.32 Å². The minimum atomic E-state index is 0.0851. The van der Waals surface area contributed by atoms with E-state index < -0.39 is 0 Å². The topological polar surface area (TPSA) is 29.1 Å². The molecule has 0 radical (unpaired) electrons. The molecule has 1 N–H and O–H groups in total. The Labute approximate surface area is 100.0 Å². The molecule has 1 aromatic rings. The second-order valence-corrected chi connectivity index (χ2v) is 5.20. The van der Waals surface area contributed by atoms with E-state index in [4.69, 9.17) is 11.6 Å². The summed E-state index contributed by atoms with van der Waals surface area (Å²) < 4.78 is 0. The lowest BCUT2D eigenvalue weighted by Gasteiger charge is -2.30. The average molecular weight is 236 g/mol. The summed E-state index contributed by atoms with van der Waals surface area (Å²) in [6, 6.07) is 6.10. The molecule has 1 aromatic carbocycles. The van der Waals surface area contributed by atoms with E-state index in [9.17, 15) is 4.79 Å². The van der Waals surface area contributed by atoms with Crippen molar-refractivity contribution in [2.45, 2.75) is 31.1 Å². The van der Waals surface area contributed by atoms with Gasteiger partial charge in [-0.3, -0.25) is 4.79 Å². The Morgan fingerprint density at radius 1 is 1.38 bits per heavy atom. The van der Waals surface area contributed by atoms with E-state index >= 15 is 0 Å². The zero-order valence-electron chi connectivity index (χ0n) is 9.00. The molecular formula is C13H14ClNO. The van der Waals surface area contributed by atoms with Crippen molar-refractivity contribution >= 4 is 23.2 Å². The minimum Gasteiger partial charge on any atom is -0.326 e. The molecule has 1 amide bonds. The van der Waals surface area contributed by atoms with E-state index in [1.807, 2.05) is 12.1 Å². The number of alkyl halides is 1. The molecule has 1 heterocycles. The standard InChI is InChI=1S/C13H14ClNO/c14-13(8-2-1-3-8)9-4-5-11-10(6-9)7-12(16)15-11/h4-6,8,13H,1-3,7H2,(H,15,16). The van der Waals surface area contributed by atoms with Crippen molar-refractivity contribution in [2.75, 3.05) is 5.32 Å². The van der Waals surface area contributed by atoms with Crippen LogP contribution in [-0.2, 0) is 11.2 Å². The Morgan fingerprint density at radius 3 is 2.88 bits per heavy atom. The predicted octanol–water partition coefficient (Wildman–Crippen LogP) is 3.26. The number of carbonyl (C=O) groups excluding carboxylic acids is 1. The molecule has 3 heteroatoms. The summed E-state index contributed by atoms with van der Waals surface area (Å²) in [6.45, 7) is 0. The molecule has 1 aliphatic heterocycles. The first-order chi connectivity index (χ1) is 7.74. The van der Waals surface area contributed by atoms with Gasteiger partial charge in [0.2, 0.25) is 5.91 Å². The molecule has 0 bridgehead atoms. The predicted molar refractivity (Wildman–Crippen MR) is 64.7 cm³/mol. The van der Waals surface area contributed by atoms with Gasteiger partial charge in [-0.25, -0.2) is 0 Å². The molecule has 1 unspecified atom stereocenters. The van der Waals surface area contributed by atoms with Gasteiger partial charge in [0.15, 0.2) is 0 Å². The monoisotopic (exact) mass is 235 g/mol. The molecule has 3 rings (SSSR count). The van der Waals surface area contributed by atoms with Crippen molar-refractivity contribution < 1.29 is 4.79 Å². The van der Waals surface area contributed by atoms with Crippen LogP contribution in [0.4, 0.5) is 5.69 Å². The summed E-state index contributed by atoms with van der Waals surface area (Å²) in [5.41, 5.74) is 3.21. The van der Waals surface area contributed by atoms with Crippen LogP contribution in [0.1, 0.15) is 35.8 Å². The van der Waals surface area contributed by atoms with Crippen LogP contribution >= 0.6 is 11.6 Å². The summed E-state index contributed by atoms with van der Waals surface area (Å²) in [6.07, 6.45) is 4.28. The maximum atomic E-state index is 11.2. The number of carbonyl (C=O) groups is 1. The lowest BCUT2D eigenvalue weighted by atomic mass is 9.80. The van der Waals surface area contributed by atoms with Gasteiger partial charge in [-0.05, 0) is 36.0 Å². The third kappa shape index (κ3) is 1.61. The van der Waals surface area contributed by atoms with Crippen LogP contribution in [0.3, 0.4) is 0 Å². The summed E-state index contributed by atoms with van der Waals surface area (Å²) in [5, 5.41) is 2.96. The molecule has 2 nitrogen and oxygen atoms in total. The first-order valence-electron chi connectivity index (χ1n) is 5.81. The third-order valence-electron chi connectivity index (χ3n) is 3.64. The van der Waals surface area contributed by atoms with Crippen LogP contribution in [0.5, 0.6) is 0 Å². The Morgan fingerprint density at radius 2 is 2.19 bits per heavy atom. The maximum Gasteiger partial charge on any atom is 0.228 e.